The number of nitrogens with zero attached hydrogens (tertiary/aromatic N) is 1. The van der Waals surface area contributed by atoms with Gasteiger partial charge in [0.15, 0.2) is 0 Å². The zero-order chi connectivity index (χ0) is 11.4. The first-order chi connectivity index (χ1) is 7.79. The molecule has 0 aliphatic heterocycles. The minimum Gasteiger partial charge on any atom is -0.467 e. The van der Waals surface area contributed by atoms with Crippen LogP contribution in [-0.2, 0) is 0 Å². The summed E-state index contributed by atoms with van der Waals surface area (Å²) in [6.07, 6.45) is 1.67. The first kappa shape index (κ1) is 10.5. The highest BCUT2D eigenvalue weighted by Crippen LogP contribution is 2.18. The Bertz CT molecular complexity index is 439. The Balaban J connectivity index is 2.08. The third-order valence-electron chi connectivity index (χ3n) is 2.34. The van der Waals surface area contributed by atoms with Gasteiger partial charge in [0.2, 0.25) is 0 Å². The van der Waals surface area contributed by atoms with Gasteiger partial charge in [-0.15, -0.1) is 0 Å². The number of furan rings is 1. The maximum atomic E-state index is 5.32. The minimum atomic E-state index is 0.106. The highest BCUT2D eigenvalue weighted by molar-refractivity contribution is 5.45. The molecule has 1 atom stereocenters. The van der Waals surface area contributed by atoms with E-state index in [-0.39, 0.29) is 6.04 Å². The summed E-state index contributed by atoms with van der Waals surface area (Å²) < 4.78 is 5.32. The van der Waals surface area contributed by atoms with E-state index in [0.717, 1.165) is 17.4 Å². The normalized spacial score (nSPS) is 12.1. The van der Waals surface area contributed by atoms with Crippen LogP contribution in [0.2, 0.25) is 0 Å². The van der Waals surface area contributed by atoms with Gasteiger partial charge in [-0.25, -0.2) is 4.98 Å². The molecule has 84 valence electrons. The fourth-order valence-electron chi connectivity index (χ4n) is 1.48. The van der Waals surface area contributed by atoms with E-state index in [4.69, 9.17) is 4.42 Å². The van der Waals surface area contributed by atoms with Crippen LogP contribution in [0.25, 0.3) is 0 Å². The maximum absolute atomic E-state index is 5.32. The van der Waals surface area contributed by atoms with Crippen molar-refractivity contribution in [1.82, 2.24) is 4.98 Å². The number of anilines is 2. The molecule has 2 N–H and O–H groups in total. The van der Waals surface area contributed by atoms with Crippen molar-refractivity contribution in [2.45, 2.75) is 13.0 Å². The van der Waals surface area contributed by atoms with Crippen molar-refractivity contribution in [3.8, 4) is 0 Å². The molecule has 0 amide bonds. The van der Waals surface area contributed by atoms with E-state index < -0.39 is 0 Å². The molecule has 0 saturated carbocycles. The van der Waals surface area contributed by atoms with Crippen LogP contribution in [0.4, 0.5) is 11.6 Å². The fraction of sp³-hybridized carbons (Fsp3) is 0.250. The molecule has 4 nitrogen and oxygen atoms in total. The average molecular weight is 217 g/mol. The standard InChI is InChI=1S/C12H15N3O/c1-9(10-5-4-8-16-10)14-12-7-3-6-11(13-2)15-12/h3-9H,1-2H3,(H2,13,14,15). The lowest BCUT2D eigenvalue weighted by Crippen LogP contribution is -2.07. The van der Waals surface area contributed by atoms with Crippen LogP contribution in [0.1, 0.15) is 18.7 Å². The van der Waals surface area contributed by atoms with Gasteiger partial charge in [-0.3, -0.25) is 0 Å². The predicted octanol–water partition coefficient (Wildman–Crippen LogP) is 2.89. The molecule has 2 aromatic rings. The van der Waals surface area contributed by atoms with Gasteiger partial charge in [0.1, 0.15) is 17.4 Å². The third kappa shape index (κ3) is 2.34. The van der Waals surface area contributed by atoms with Gasteiger partial charge in [-0.1, -0.05) is 6.07 Å². The second-order valence-electron chi connectivity index (χ2n) is 3.54. The number of hydrogen-bond acceptors (Lipinski definition) is 4. The van der Waals surface area contributed by atoms with Gasteiger partial charge in [0.25, 0.3) is 0 Å². The first-order valence-electron chi connectivity index (χ1n) is 5.24. The highest BCUT2D eigenvalue weighted by Gasteiger charge is 2.08. The molecule has 0 radical (unpaired) electrons. The summed E-state index contributed by atoms with van der Waals surface area (Å²) in [5, 5.41) is 6.27. The summed E-state index contributed by atoms with van der Waals surface area (Å²) >= 11 is 0. The molecule has 0 spiro atoms. The first-order valence-corrected chi connectivity index (χ1v) is 5.24. The molecule has 1 unspecified atom stereocenters. The minimum absolute atomic E-state index is 0.106. The van der Waals surface area contributed by atoms with Crippen LogP contribution in [0.3, 0.4) is 0 Å². The van der Waals surface area contributed by atoms with Gasteiger partial charge in [-0.05, 0) is 31.2 Å². The Hall–Kier alpha value is -1.97. The Kier molecular flexibility index (Phi) is 3.10. The Morgan fingerprint density at radius 2 is 2.00 bits per heavy atom. The van der Waals surface area contributed by atoms with E-state index in [0.29, 0.717) is 0 Å². The van der Waals surface area contributed by atoms with Crippen molar-refractivity contribution >= 4 is 11.6 Å². The summed E-state index contributed by atoms with van der Waals surface area (Å²) in [4.78, 5) is 4.38. The molecular formula is C12H15N3O. The molecule has 2 aromatic heterocycles. The third-order valence-corrected chi connectivity index (χ3v) is 2.34. The molecule has 0 aliphatic carbocycles. The lowest BCUT2D eigenvalue weighted by atomic mass is 10.2. The number of nitrogens with one attached hydrogen (secondary N) is 2. The van der Waals surface area contributed by atoms with Crippen LogP contribution in [0.5, 0.6) is 0 Å². The second kappa shape index (κ2) is 4.70. The van der Waals surface area contributed by atoms with Crippen LogP contribution < -0.4 is 10.6 Å². The highest BCUT2D eigenvalue weighted by atomic mass is 16.3. The molecule has 0 aliphatic rings. The second-order valence-corrected chi connectivity index (χ2v) is 3.54. The summed E-state index contributed by atoms with van der Waals surface area (Å²) in [7, 11) is 1.85. The van der Waals surface area contributed by atoms with Crippen molar-refractivity contribution in [2.75, 3.05) is 17.7 Å². The van der Waals surface area contributed by atoms with Crippen molar-refractivity contribution in [2.24, 2.45) is 0 Å². The predicted molar refractivity (Wildman–Crippen MR) is 64.5 cm³/mol. The molecule has 4 heteroatoms. The number of rotatable bonds is 4. The molecular weight excluding hydrogens is 202 g/mol. The Morgan fingerprint density at radius 3 is 2.69 bits per heavy atom. The smallest absolute Gasteiger partial charge is 0.128 e. The van der Waals surface area contributed by atoms with E-state index in [9.17, 15) is 0 Å². The van der Waals surface area contributed by atoms with Crippen LogP contribution >= 0.6 is 0 Å². The van der Waals surface area contributed by atoms with E-state index in [2.05, 4.69) is 15.6 Å². The van der Waals surface area contributed by atoms with Crippen LogP contribution in [-0.4, -0.2) is 12.0 Å². The van der Waals surface area contributed by atoms with E-state index in [1.807, 2.05) is 44.3 Å². The van der Waals surface area contributed by atoms with E-state index >= 15 is 0 Å². The van der Waals surface area contributed by atoms with Crippen molar-refractivity contribution < 1.29 is 4.42 Å². The van der Waals surface area contributed by atoms with E-state index in [1.54, 1.807) is 6.26 Å². The summed E-state index contributed by atoms with van der Waals surface area (Å²) in [5.74, 6) is 2.57. The molecule has 16 heavy (non-hydrogen) atoms. The molecule has 0 aromatic carbocycles. The quantitative estimate of drug-likeness (QED) is 0.826. The number of hydrogen-bond donors (Lipinski definition) is 2. The topological polar surface area (TPSA) is 50.1 Å². The van der Waals surface area contributed by atoms with Crippen molar-refractivity contribution in [1.29, 1.82) is 0 Å². The summed E-state index contributed by atoms with van der Waals surface area (Å²) in [6, 6.07) is 9.73. The number of aromatic nitrogens is 1. The molecule has 2 heterocycles. The number of pyridine rings is 1. The fourth-order valence-corrected chi connectivity index (χ4v) is 1.48. The zero-order valence-corrected chi connectivity index (χ0v) is 9.40. The van der Waals surface area contributed by atoms with E-state index in [1.165, 1.54) is 0 Å². The SMILES string of the molecule is CNc1cccc(NC(C)c2ccco2)n1. The van der Waals surface area contributed by atoms with Crippen molar-refractivity contribution in [3.05, 3.63) is 42.4 Å². The lowest BCUT2D eigenvalue weighted by Gasteiger charge is -2.12. The zero-order valence-electron chi connectivity index (χ0n) is 9.40. The van der Waals surface area contributed by atoms with Gasteiger partial charge < -0.3 is 15.1 Å². The summed E-state index contributed by atoms with van der Waals surface area (Å²) in [6.45, 7) is 2.03. The maximum Gasteiger partial charge on any atom is 0.128 e. The van der Waals surface area contributed by atoms with Crippen LogP contribution in [0, 0.1) is 0 Å². The van der Waals surface area contributed by atoms with Gasteiger partial charge in [0, 0.05) is 7.05 Å². The average Bonchev–Trinajstić information content (AvgIpc) is 2.83. The van der Waals surface area contributed by atoms with Gasteiger partial charge in [-0.2, -0.15) is 0 Å². The molecule has 0 bridgehead atoms. The van der Waals surface area contributed by atoms with Gasteiger partial charge >= 0.3 is 0 Å². The largest absolute Gasteiger partial charge is 0.467 e. The Labute approximate surface area is 94.7 Å². The van der Waals surface area contributed by atoms with Crippen molar-refractivity contribution in [3.63, 3.8) is 0 Å². The summed E-state index contributed by atoms with van der Waals surface area (Å²) in [5.41, 5.74) is 0. The monoisotopic (exact) mass is 217 g/mol. The molecule has 0 fully saturated rings. The molecule has 2 rings (SSSR count). The van der Waals surface area contributed by atoms with Crippen LogP contribution in [0.15, 0.2) is 41.0 Å². The lowest BCUT2D eigenvalue weighted by molar-refractivity contribution is 0.490. The Morgan fingerprint density at radius 1 is 1.19 bits per heavy atom. The molecule has 0 saturated heterocycles. The van der Waals surface area contributed by atoms with Gasteiger partial charge in [0.05, 0.1) is 12.3 Å².